The number of fused-ring (bicyclic) bond motifs is 1. The van der Waals surface area contributed by atoms with Crippen molar-refractivity contribution in [2.75, 3.05) is 58.2 Å². The molecule has 0 bridgehead atoms. The minimum Gasteiger partial charge on any atom is -0.377 e. The van der Waals surface area contributed by atoms with Gasteiger partial charge < -0.3 is 15.0 Å². The zero-order valence-electron chi connectivity index (χ0n) is 17.2. The van der Waals surface area contributed by atoms with Crippen molar-refractivity contribution in [2.24, 2.45) is 0 Å². The molecule has 0 atom stereocenters. The van der Waals surface area contributed by atoms with E-state index in [1.165, 1.54) is 11.1 Å². The van der Waals surface area contributed by atoms with Gasteiger partial charge in [0.25, 0.3) is 0 Å². The third kappa shape index (κ3) is 4.75. The SMILES string of the molecule is CCN1CCN(CCNc2nc(COC)nc3scc(-c4ccccc4)c23)CC1. The molecule has 0 spiro atoms. The van der Waals surface area contributed by atoms with Crippen LogP contribution in [0.25, 0.3) is 21.3 Å². The summed E-state index contributed by atoms with van der Waals surface area (Å²) in [5.41, 5.74) is 2.38. The number of ether oxygens (including phenoxy) is 1. The highest BCUT2D eigenvalue weighted by Crippen LogP contribution is 2.36. The number of nitrogens with one attached hydrogen (secondary N) is 1. The van der Waals surface area contributed by atoms with E-state index in [4.69, 9.17) is 14.7 Å². The maximum atomic E-state index is 5.28. The van der Waals surface area contributed by atoms with Crippen LogP contribution in [-0.4, -0.2) is 72.7 Å². The van der Waals surface area contributed by atoms with Gasteiger partial charge in [-0.25, -0.2) is 9.97 Å². The lowest BCUT2D eigenvalue weighted by molar-refractivity contribution is 0.141. The normalized spacial score (nSPS) is 15.8. The van der Waals surface area contributed by atoms with E-state index in [1.54, 1.807) is 18.4 Å². The second-order valence-electron chi connectivity index (χ2n) is 7.32. The maximum Gasteiger partial charge on any atom is 0.158 e. The van der Waals surface area contributed by atoms with Crippen molar-refractivity contribution >= 4 is 27.4 Å². The van der Waals surface area contributed by atoms with E-state index in [2.05, 4.69) is 51.7 Å². The predicted octanol–water partition coefficient (Wildman–Crippen LogP) is 3.55. The van der Waals surface area contributed by atoms with Crippen LogP contribution in [0, 0.1) is 0 Å². The Morgan fingerprint density at radius 3 is 2.55 bits per heavy atom. The van der Waals surface area contributed by atoms with Crippen molar-refractivity contribution in [2.45, 2.75) is 13.5 Å². The number of nitrogens with zero attached hydrogens (tertiary/aromatic N) is 4. The third-order valence-electron chi connectivity index (χ3n) is 5.47. The molecule has 0 unspecified atom stereocenters. The van der Waals surface area contributed by atoms with Crippen LogP contribution in [0.4, 0.5) is 5.82 Å². The lowest BCUT2D eigenvalue weighted by Crippen LogP contribution is -2.47. The summed E-state index contributed by atoms with van der Waals surface area (Å²) in [6.07, 6.45) is 0. The van der Waals surface area contributed by atoms with Gasteiger partial charge in [-0.2, -0.15) is 0 Å². The standard InChI is InChI=1S/C22H29N5OS/c1-3-26-11-13-27(14-12-26)10-9-23-21-20-18(17-7-5-4-6-8-17)16-29-22(20)25-19(24-21)15-28-2/h4-8,16H,3,9-15H2,1-2H3,(H,23,24,25). The summed E-state index contributed by atoms with van der Waals surface area (Å²) >= 11 is 1.66. The van der Waals surface area contributed by atoms with Gasteiger partial charge in [-0.1, -0.05) is 37.3 Å². The topological polar surface area (TPSA) is 53.5 Å². The van der Waals surface area contributed by atoms with E-state index in [0.29, 0.717) is 6.61 Å². The first-order valence-corrected chi connectivity index (χ1v) is 11.2. The van der Waals surface area contributed by atoms with Gasteiger partial charge in [-0.15, -0.1) is 11.3 Å². The fourth-order valence-corrected chi connectivity index (χ4v) is 4.77. The van der Waals surface area contributed by atoms with Crippen LogP contribution in [0.15, 0.2) is 35.7 Å². The van der Waals surface area contributed by atoms with Crippen molar-refractivity contribution in [1.29, 1.82) is 0 Å². The molecular weight excluding hydrogens is 382 g/mol. The van der Waals surface area contributed by atoms with Crippen molar-refractivity contribution in [3.63, 3.8) is 0 Å². The molecule has 1 saturated heterocycles. The molecule has 2 aromatic heterocycles. The van der Waals surface area contributed by atoms with E-state index in [9.17, 15) is 0 Å². The fourth-order valence-electron chi connectivity index (χ4n) is 3.80. The minimum absolute atomic E-state index is 0.419. The van der Waals surface area contributed by atoms with E-state index in [1.807, 2.05) is 6.07 Å². The van der Waals surface area contributed by atoms with Crippen molar-refractivity contribution in [1.82, 2.24) is 19.8 Å². The Labute approximate surface area is 176 Å². The predicted molar refractivity (Wildman–Crippen MR) is 121 cm³/mol. The number of piperazine rings is 1. The van der Waals surface area contributed by atoms with Crippen LogP contribution in [0.1, 0.15) is 12.7 Å². The van der Waals surface area contributed by atoms with Gasteiger partial charge >= 0.3 is 0 Å². The van der Waals surface area contributed by atoms with Crippen LogP contribution in [-0.2, 0) is 11.3 Å². The van der Waals surface area contributed by atoms with Crippen LogP contribution < -0.4 is 5.32 Å². The van der Waals surface area contributed by atoms with Gasteiger partial charge in [-0.3, -0.25) is 4.90 Å². The molecule has 0 saturated carbocycles. The van der Waals surface area contributed by atoms with Crippen molar-refractivity contribution < 1.29 is 4.74 Å². The highest BCUT2D eigenvalue weighted by atomic mass is 32.1. The van der Waals surface area contributed by atoms with Crippen molar-refractivity contribution in [3.8, 4) is 11.1 Å². The number of hydrogen-bond donors (Lipinski definition) is 1. The van der Waals surface area contributed by atoms with Gasteiger partial charge in [0.1, 0.15) is 17.3 Å². The zero-order valence-corrected chi connectivity index (χ0v) is 18.0. The number of rotatable bonds is 8. The second-order valence-corrected chi connectivity index (χ2v) is 8.18. The number of likely N-dealkylation sites (N-methyl/N-ethyl adjacent to an activating group) is 1. The number of anilines is 1. The average molecular weight is 412 g/mol. The van der Waals surface area contributed by atoms with Gasteiger partial charge in [-0.05, 0) is 12.1 Å². The highest BCUT2D eigenvalue weighted by Gasteiger charge is 2.17. The number of benzene rings is 1. The van der Waals surface area contributed by atoms with Crippen LogP contribution in [0.5, 0.6) is 0 Å². The summed E-state index contributed by atoms with van der Waals surface area (Å²) in [4.78, 5) is 15.5. The maximum absolute atomic E-state index is 5.28. The average Bonchev–Trinajstić information content (AvgIpc) is 3.19. The molecule has 6 nitrogen and oxygen atoms in total. The lowest BCUT2D eigenvalue weighted by atomic mass is 10.1. The van der Waals surface area contributed by atoms with Gasteiger partial charge in [0.15, 0.2) is 5.82 Å². The largest absolute Gasteiger partial charge is 0.377 e. The smallest absolute Gasteiger partial charge is 0.158 e. The van der Waals surface area contributed by atoms with Crippen molar-refractivity contribution in [3.05, 3.63) is 41.5 Å². The molecule has 3 aromatic rings. The fraction of sp³-hybridized carbons (Fsp3) is 0.455. The Balaban J connectivity index is 1.54. The molecule has 1 aliphatic heterocycles. The monoisotopic (exact) mass is 411 g/mol. The molecule has 154 valence electrons. The summed E-state index contributed by atoms with van der Waals surface area (Å²) in [5.74, 6) is 1.63. The van der Waals surface area contributed by atoms with E-state index in [0.717, 1.165) is 67.7 Å². The first-order valence-electron chi connectivity index (χ1n) is 10.3. The van der Waals surface area contributed by atoms with E-state index >= 15 is 0 Å². The summed E-state index contributed by atoms with van der Waals surface area (Å²) < 4.78 is 5.28. The number of aromatic nitrogens is 2. The first kappa shape index (κ1) is 20.2. The quantitative estimate of drug-likeness (QED) is 0.612. The Kier molecular flexibility index (Phi) is 6.71. The van der Waals surface area contributed by atoms with E-state index < -0.39 is 0 Å². The Bertz CT molecular complexity index is 922. The summed E-state index contributed by atoms with van der Waals surface area (Å²) in [5, 5.41) is 6.89. The number of methoxy groups -OCH3 is 1. The Morgan fingerprint density at radius 1 is 1.07 bits per heavy atom. The van der Waals surface area contributed by atoms with Crippen LogP contribution in [0.2, 0.25) is 0 Å². The van der Waals surface area contributed by atoms with Gasteiger partial charge in [0.2, 0.25) is 0 Å². The zero-order chi connectivity index (χ0) is 20.1. The molecule has 0 aliphatic carbocycles. The minimum atomic E-state index is 0.419. The molecule has 29 heavy (non-hydrogen) atoms. The molecule has 1 aliphatic rings. The highest BCUT2D eigenvalue weighted by molar-refractivity contribution is 7.17. The molecule has 1 fully saturated rings. The van der Waals surface area contributed by atoms with Crippen LogP contribution in [0.3, 0.4) is 0 Å². The molecular formula is C22H29N5OS. The molecule has 4 rings (SSSR count). The summed E-state index contributed by atoms with van der Waals surface area (Å²) in [6.45, 7) is 10.3. The Morgan fingerprint density at radius 2 is 1.83 bits per heavy atom. The molecule has 0 radical (unpaired) electrons. The Hall–Kier alpha value is -2.06. The first-order chi connectivity index (χ1) is 14.3. The third-order valence-corrected chi connectivity index (χ3v) is 6.34. The number of hydrogen-bond acceptors (Lipinski definition) is 7. The van der Waals surface area contributed by atoms with Gasteiger partial charge in [0.05, 0.1) is 5.39 Å². The van der Waals surface area contributed by atoms with E-state index in [-0.39, 0.29) is 0 Å². The molecule has 0 amide bonds. The molecule has 1 N–H and O–H groups in total. The molecule has 7 heteroatoms. The summed E-state index contributed by atoms with van der Waals surface area (Å²) in [6, 6.07) is 10.5. The second kappa shape index (κ2) is 9.63. The van der Waals surface area contributed by atoms with Crippen LogP contribution >= 0.6 is 11.3 Å². The van der Waals surface area contributed by atoms with Gasteiger partial charge in [0, 0.05) is 57.3 Å². The molecule has 3 heterocycles. The number of thiophene rings is 1. The lowest BCUT2D eigenvalue weighted by Gasteiger charge is -2.34. The molecule has 1 aromatic carbocycles. The summed E-state index contributed by atoms with van der Waals surface area (Å²) in [7, 11) is 1.68.